The van der Waals surface area contributed by atoms with Crippen LogP contribution in [-0.2, 0) is 11.2 Å². The largest absolute Gasteiger partial charge is 0.534 e. The van der Waals surface area contributed by atoms with Crippen LogP contribution in [-0.4, -0.2) is 21.1 Å². The Labute approximate surface area is 155 Å². The molecule has 6 nitrogen and oxygen atoms in total. The van der Waals surface area contributed by atoms with Crippen molar-refractivity contribution in [2.45, 2.75) is 12.5 Å². The third-order valence-corrected chi connectivity index (χ3v) is 4.45. The number of aromatic nitrogens is 1. The van der Waals surface area contributed by atoms with Crippen LogP contribution in [0.2, 0.25) is 0 Å². The number of ether oxygens (including phenoxy) is 1. The van der Waals surface area contributed by atoms with Crippen LogP contribution >= 0.6 is 0 Å². The third-order valence-electron chi connectivity index (χ3n) is 4.45. The predicted molar refractivity (Wildman–Crippen MR) is 99.1 cm³/mol. The van der Waals surface area contributed by atoms with Gasteiger partial charge in [0.2, 0.25) is 11.8 Å². The van der Waals surface area contributed by atoms with E-state index in [2.05, 4.69) is 0 Å². The summed E-state index contributed by atoms with van der Waals surface area (Å²) in [5.74, 6) is -0.813. The Morgan fingerprint density at radius 1 is 0.889 bits per heavy atom. The second-order valence-corrected chi connectivity index (χ2v) is 6.16. The van der Waals surface area contributed by atoms with Crippen molar-refractivity contribution < 1.29 is 24.6 Å². The summed E-state index contributed by atoms with van der Waals surface area (Å²) in [6, 6.07) is 17.9. The SMILES string of the molecule is O=C(OC1Cc2ccccc2C=Cc2ccccc21)On1c(O)ccc1O. The average molecular weight is 363 g/mol. The van der Waals surface area contributed by atoms with Crippen LogP contribution in [0.5, 0.6) is 11.8 Å². The van der Waals surface area contributed by atoms with Crippen LogP contribution in [0.15, 0.2) is 60.7 Å². The molecule has 0 amide bonds. The van der Waals surface area contributed by atoms with Crippen molar-refractivity contribution in [3.63, 3.8) is 0 Å². The summed E-state index contributed by atoms with van der Waals surface area (Å²) < 4.78 is 6.16. The summed E-state index contributed by atoms with van der Waals surface area (Å²) in [5.41, 5.74) is 3.87. The van der Waals surface area contributed by atoms with Crippen LogP contribution in [0.25, 0.3) is 12.2 Å². The normalized spacial score (nSPS) is 15.2. The molecule has 0 radical (unpaired) electrons. The minimum atomic E-state index is -1.03. The first-order valence-electron chi connectivity index (χ1n) is 8.45. The molecule has 1 aliphatic rings. The zero-order chi connectivity index (χ0) is 18.8. The van der Waals surface area contributed by atoms with Crippen molar-refractivity contribution in [2.75, 3.05) is 0 Å². The van der Waals surface area contributed by atoms with E-state index in [0.717, 1.165) is 22.3 Å². The lowest BCUT2D eigenvalue weighted by molar-refractivity contribution is 0.00849. The summed E-state index contributed by atoms with van der Waals surface area (Å²) in [6.45, 7) is 0. The van der Waals surface area contributed by atoms with E-state index in [1.165, 1.54) is 12.1 Å². The van der Waals surface area contributed by atoms with Gasteiger partial charge >= 0.3 is 6.16 Å². The van der Waals surface area contributed by atoms with Crippen molar-refractivity contribution >= 4 is 18.3 Å². The van der Waals surface area contributed by atoms with Gasteiger partial charge in [-0.15, -0.1) is 4.73 Å². The van der Waals surface area contributed by atoms with Gasteiger partial charge in [-0.25, -0.2) is 4.79 Å². The zero-order valence-corrected chi connectivity index (χ0v) is 14.3. The molecule has 1 unspecified atom stereocenters. The van der Waals surface area contributed by atoms with Gasteiger partial charge in [0.1, 0.15) is 6.10 Å². The molecule has 3 aromatic rings. The molecule has 2 N–H and O–H groups in total. The van der Waals surface area contributed by atoms with E-state index in [1.54, 1.807) is 0 Å². The van der Waals surface area contributed by atoms with Gasteiger partial charge in [-0.3, -0.25) is 4.84 Å². The van der Waals surface area contributed by atoms with Gasteiger partial charge in [0.05, 0.1) is 0 Å². The lowest BCUT2D eigenvalue weighted by Gasteiger charge is -2.22. The van der Waals surface area contributed by atoms with Crippen LogP contribution in [0.1, 0.15) is 28.4 Å². The Hall–Kier alpha value is -3.67. The maximum atomic E-state index is 12.3. The summed E-state index contributed by atoms with van der Waals surface area (Å²) in [6.07, 6.45) is 2.88. The smallest absolute Gasteiger partial charge is 0.492 e. The molecular weight excluding hydrogens is 346 g/mol. The van der Waals surface area contributed by atoms with Crippen LogP contribution < -0.4 is 4.84 Å². The van der Waals surface area contributed by atoms with Gasteiger partial charge in [0.15, 0.2) is 0 Å². The van der Waals surface area contributed by atoms with Crippen molar-refractivity contribution in [1.82, 2.24) is 4.73 Å². The molecule has 0 saturated heterocycles. The van der Waals surface area contributed by atoms with Crippen LogP contribution in [0.3, 0.4) is 0 Å². The van der Waals surface area contributed by atoms with E-state index < -0.39 is 24.0 Å². The van der Waals surface area contributed by atoms with E-state index in [0.29, 0.717) is 11.2 Å². The highest BCUT2D eigenvalue weighted by atomic mass is 16.8. The number of carbonyl (C=O) groups excluding carboxylic acids is 1. The molecule has 27 heavy (non-hydrogen) atoms. The highest BCUT2D eigenvalue weighted by Gasteiger charge is 2.24. The van der Waals surface area contributed by atoms with Crippen molar-refractivity contribution in [2.24, 2.45) is 0 Å². The lowest BCUT2D eigenvalue weighted by atomic mass is 9.91. The number of hydrogen-bond donors (Lipinski definition) is 2. The highest BCUT2D eigenvalue weighted by Crippen LogP contribution is 2.31. The van der Waals surface area contributed by atoms with E-state index in [-0.39, 0.29) is 0 Å². The van der Waals surface area contributed by atoms with Crippen LogP contribution in [0.4, 0.5) is 4.79 Å². The summed E-state index contributed by atoms with van der Waals surface area (Å²) in [4.78, 5) is 17.2. The molecule has 4 rings (SSSR count). The Bertz CT molecular complexity index is 1000. The Balaban J connectivity index is 1.65. The first-order valence-corrected chi connectivity index (χ1v) is 8.45. The number of carbonyl (C=O) groups is 1. The van der Waals surface area contributed by atoms with E-state index in [1.807, 2.05) is 60.7 Å². The minimum Gasteiger partial charge on any atom is -0.492 e. The number of fused-ring (bicyclic) bond motifs is 2. The average Bonchev–Trinajstić information content (AvgIpc) is 2.97. The topological polar surface area (TPSA) is 80.9 Å². The van der Waals surface area contributed by atoms with Crippen molar-refractivity contribution in [3.8, 4) is 11.8 Å². The summed E-state index contributed by atoms with van der Waals surface area (Å²) in [5, 5.41) is 19.2. The highest BCUT2D eigenvalue weighted by molar-refractivity contribution is 5.74. The quantitative estimate of drug-likeness (QED) is 0.674. The second-order valence-electron chi connectivity index (χ2n) is 6.16. The number of hydrogen-bond acceptors (Lipinski definition) is 5. The second kappa shape index (κ2) is 6.92. The Kier molecular flexibility index (Phi) is 4.30. The number of nitrogens with zero attached hydrogens (tertiary/aromatic N) is 1. The van der Waals surface area contributed by atoms with Gasteiger partial charge in [-0.1, -0.05) is 60.7 Å². The lowest BCUT2D eigenvalue weighted by Crippen LogP contribution is -2.24. The van der Waals surface area contributed by atoms with Crippen LogP contribution in [0, 0.1) is 0 Å². The standard InChI is InChI=1S/C21H17NO5/c23-19-11-12-20(24)22(19)27-21(25)26-18-13-16-7-2-1-5-14(16)9-10-15-6-3-4-8-17(15)18/h1-12,18,23-24H,13H2. The first-order chi connectivity index (χ1) is 13.1. The van der Waals surface area contributed by atoms with Gasteiger partial charge in [0, 0.05) is 24.1 Å². The van der Waals surface area contributed by atoms with E-state index in [9.17, 15) is 15.0 Å². The van der Waals surface area contributed by atoms with Crippen molar-refractivity contribution in [1.29, 1.82) is 0 Å². The fraction of sp³-hybridized carbons (Fsp3) is 0.0952. The van der Waals surface area contributed by atoms with Gasteiger partial charge in [-0.2, -0.15) is 0 Å². The maximum Gasteiger partial charge on any atom is 0.534 e. The monoisotopic (exact) mass is 363 g/mol. The molecule has 0 spiro atoms. The molecule has 2 aromatic carbocycles. The summed E-state index contributed by atoms with van der Waals surface area (Å²) >= 11 is 0. The molecule has 0 fully saturated rings. The molecule has 0 aliphatic heterocycles. The molecule has 6 heteroatoms. The number of aromatic hydroxyl groups is 2. The molecular formula is C21H17NO5. The fourth-order valence-corrected chi connectivity index (χ4v) is 3.14. The number of rotatable bonds is 2. The number of benzene rings is 2. The van der Waals surface area contributed by atoms with Crippen molar-refractivity contribution in [3.05, 3.63) is 82.9 Å². The maximum absolute atomic E-state index is 12.3. The molecule has 0 saturated carbocycles. The molecule has 1 heterocycles. The van der Waals surface area contributed by atoms with Gasteiger partial charge < -0.3 is 14.9 Å². The molecule has 1 aromatic heterocycles. The summed E-state index contributed by atoms with van der Waals surface area (Å²) in [7, 11) is 0. The van der Waals surface area contributed by atoms with Gasteiger partial charge in [0.25, 0.3) is 0 Å². The zero-order valence-electron chi connectivity index (χ0n) is 14.3. The predicted octanol–water partition coefficient (Wildman–Crippen LogP) is 3.93. The fourth-order valence-electron chi connectivity index (χ4n) is 3.14. The van der Waals surface area contributed by atoms with E-state index >= 15 is 0 Å². The third kappa shape index (κ3) is 3.37. The molecule has 1 atom stereocenters. The Morgan fingerprint density at radius 3 is 2.30 bits per heavy atom. The molecule has 0 bridgehead atoms. The Morgan fingerprint density at radius 2 is 1.52 bits per heavy atom. The molecule has 136 valence electrons. The van der Waals surface area contributed by atoms with Gasteiger partial charge in [-0.05, 0) is 16.7 Å². The molecule has 1 aliphatic carbocycles. The minimum absolute atomic E-state index is 0.407. The first kappa shape index (κ1) is 16.8. The van der Waals surface area contributed by atoms with E-state index in [4.69, 9.17) is 9.57 Å².